The third-order valence-electron chi connectivity index (χ3n) is 2.15. The molecule has 1 aliphatic rings. The number of nitrogens with zero attached hydrogens (tertiary/aromatic N) is 1. The Hall–Kier alpha value is -1.31. The zero-order valence-electron chi connectivity index (χ0n) is 9.17. The molecular weight excluding hydrogens is 172 g/mol. The lowest BCUT2D eigenvalue weighted by Crippen LogP contribution is -1.88. The zero-order chi connectivity index (χ0) is 10.4. The van der Waals surface area contributed by atoms with Crippen molar-refractivity contribution in [1.29, 1.82) is 0 Å². The van der Waals surface area contributed by atoms with Crippen LogP contribution in [0.15, 0.2) is 30.1 Å². The summed E-state index contributed by atoms with van der Waals surface area (Å²) in [6.45, 7) is 6.14. The fraction of sp³-hybridized carbons (Fsp3) is 0.417. The number of hydrogen-bond acceptors (Lipinski definition) is 1. The van der Waals surface area contributed by atoms with E-state index in [4.69, 9.17) is 0 Å². The van der Waals surface area contributed by atoms with E-state index in [0.717, 1.165) is 12.8 Å². The van der Waals surface area contributed by atoms with Crippen LogP contribution in [0.4, 0.5) is 0 Å². The predicted molar refractivity (Wildman–Crippen MR) is 60.9 cm³/mol. The van der Waals surface area contributed by atoms with Crippen LogP contribution in [0.2, 0.25) is 0 Å². The maximum Gasteiger partial charge on any atom is 0.0562 e. The van der Waals surface area contributed by atoms with Gasteiger partial charge in [-0.15, -0.1) is 0 Å². The minimum absolute atomic E-state index is 1.14. The molecular formula is C12H18N2. The molecule has 0 aromatic carbocycles. The lowest BCUT2D eigenvalue weighted by atomic mass is 9.96. The first-order valence-electron chi connectivity index (χ1n) is 5.23. The number of hydrogen-bond donors (Lipinski definition) is 1. The summed E-state index contributed by atoms with van der Waals surface area (Å²) in [6.07, 6.45) is 10.6. The first-order valence-corrected chi connectivity index (χ1v) is 5.23. The Morgan fingerprint density at radius 3 is 2.71 bits per heavy atom. The summed E-state index contributed by atoms with van der Waals surface area (Å²) in [5.74, 6) is 0. The van der Waals surface area contributed by atoms with Gasteiger partial charge in [0.1, 0.15) is 0 Å². The quantitative estimate of drug-likeness (QED) is 0.720. The molecule has 2 rings (SSSR count). The van der Waals surface area contributed by atoms with Gasteiger partial charge in [-0.1, -0.05) is 31.6 Å². The van der Waals surface area contributed by atoms with Crippen LogP contribution in [-0.2, 0) is 0 Å². The van der Waals surface area contributed by atoms with Gasteiger partial charge in [-0.2, -0.15) is 5.10 Å². The summed E-state index contributed by atoms with van der Waals surface area (Å²) in [5.41, 5.74) is 3.98. The number of H-pyrrole nitrogens is 1. The van der Waals surface area contributed by atoms with Crippen LogP contribution in [-0.4, -0.2) is 10.2 Å². The van der Waals surface area contributed by atoms with Crippen LogP contribution in [0.5, 0.6) is 0 Å². The monoisotopic (exact) mass is 190 g/mol. The summed E-state index contributed by atoms with van der Waals surface area (Å²) in [7, 11) is 0. The first kappa shape index (κ1) is 10.8. The zero-order valence-corrected chi connectivity index (χ0v) is 9.17. The topological polar surface area (TPSA) is 28.7 Å². The second-order valence-corrected chi connectivity index (χ2v) is 3.14. The van der Waals surface area contributed by atoms with Crippen molar-refractivity contribution in [3.63, 3.8) is 0 Å². The van der Waals surface area contributed by atoms with Crippen molar-refractivity contribution in [2.24, 2.45) is 0 Å². The molecule has 76 valence electrons. The molecule has 1 heterocycles. The lowest BCUT2D eigenvalue weighted by molar-refractivity contribution is 1.03. The maximum absolute atomic E-state index is 3.94. The highest BCUT2D eigenvalue weighted by molar-refractivity contribution is 5.68. The van der Waals surface area contributed by atoms with Gasteiger partial charge in [-0.05, 0) is 25.3 Å². The van der Waals surface area contributed by atoms with Crippen molar-refractivity contribution in [2.45, 2.75) is 33.6 Å². The minimum atomic E-state index is 1.14. The van der Waals surface area contributed by atoms with E-state index in [1.165, 1.54) is 16.7 Å². The molecule has 0 unspecified atom stereocenters. The molecule has 0 saturated heterocycles. The lowest BCUT2D eigenvalue weighted by Gasteiger charge is -2.08. The fourth-order valence-electron chi connectivity index (χ4n) is 1.52. The molecule has 0 radical (unpaired) electrons. The van der Waals surface area contributed by atoms with E-state index >= 15 is 0 Å². The van der Waals surface area contributed by atoms with Crippen LogP contribution in [0.1, 0.15) is 39.2 Å². The van der Waals surface area contributed by atoms with Crippen LogP contribution in [0.3, 0.4) is 0 Å². The van der Waals surface area contributed by atoms with Crippen LogP contribution >= 0.6 is 0 Å². The predicted octanol–water partition coefficient (Wildman–Crippen LogP) is 3.56. The Morgan fingerprint density at radius 1 is 1.36 bits per heavy atom. The molecule has 14 heavy (non-hydrogen) atoms. The van der Waals surface area contributed by atoms with Gasteiger partial charge in [0, 0.05) is 11.8 Å². The van der Waals surface area contributed by atoms with Crippen molar-refractivity contribution in [1.82, 2.24) is 10.2 Å². The van der Waals surface area contributed by atoms with Crippen LogP contribution in [0, 0.1) is 0 Å². The third kappa shape index (κ3) is 2.59. The number of aromatic nitrogens is 2. The molecule has 0 fully saturated rings. The van der Waals surface area contributed by atoms with E-state index in [9.17, 15) is 0 Å². The normalized spacial score (nSPS) is 15.1. The minimum Gasteiger partial charge on any atom is -0.285 e. The number of nitrogens with one attached hydrogen (secondary N) is 1. The fourth-order valence-corrected chi connectivity index (χ4v) is 1.52. The molecule has 0 spiro atoms. The van der Waals surface area contributed by atoms with E-state index in [-0.39, 0.29) is 0 Å². The average Bonchev–Trinajstić information content (AvgIpc) is 2.74. The van der Waals surface area contributed by atoms with E-state index in [1.54, 1.807) is 0 Å². The van der Waals surface area contributed by atoms with E-state index in [1.807, 2.05) is 26.2 Å². The molecule has 0 aliphatic heterocycles. The molecule has 0 amide bonds. The number of aromatic amines is 1. The van der Waals surface area contributed by atoms with Gasteiger partial charge in [0.2, 0.25) is 0 Å². The molecule has 1 aromatic rings. The van der Waals surface area contributed by atoms with E-state index < -0.39 is 0 Å². The highest BCUT2D eigenvalue weighted by atomic mass is 15.1. The second kappa shape index (κ2) is 5.43. The van der Waals surface area contributed by atoms with Crippen LogP contribution < -0.4 is 0 Å². The summed E-state index contributed by atoms with van der Waals surface area (Å²) in [6, 6.07) is 0. The van der Waals surface area contributed by atoms with Gasteiger partial charge in [-0.3, -0.25) is 5.10 Å². The first-order chi connectivity index (χ1) is 6.86. The molecule has 0 bridgehead atoms. The van der Waals surface area contributed by atoms with Gasteiger partial charge in [0.25, 0.3) is 0 Å². The summed E-state index contributed by atoms with van der Waals surface area (Å²) >= 11 is 0. The molecule has 0 saturated carbocycles. The Labute approximate surface area is 85.7 Å². The number of allylic oxidation sites excluding steroid dienone is 4. The standard InChI is InChI=1S/C10H12N2.C2H6/c1-8-3-2-4-9(5-8)10-6-11-12-7-10;1-2/h3,5-7H,2,4H2,1H3,(H,11,12);1-2H3. The van der Waals surface area contributed by atoms with Crippen molar-refractivity contribution in [3.05, 3.63) is 35.7 Å². The Kier molecular flexibility index (Phi) is 4.17. The second-order valence-electron chi connectivity index (χ2n) is 3.14. The van der Waals surface area contributed by atoms with Crippen molar-refractivity contribution in [3.8, 4) is 0 Å². The highest BCUT2D eigenvalue weighted by Crippen LogP contribution is 2.24. The summed E-state index contributed by atoms with van der Waals surface area (Å²) in [4.78, 5) is 0. The van der Waals surface area contributed by atoms with E-state index in [2.05, 4.69) is 29.3 Å². The third-order valence-corrected chi connectivity index (χ3v) is 2.15. The molecule has 2 nitrogen and oxygen atoms in total. The van der Waals surface area contributed by atoms with Crippen molar-refractivity contribution >= 4 is 5.57 Å². The Morgan fingerprint density at radius 2 is 2.14 bits per heavy atom. The molecule has 1 N–H and O–H groups in total. The van der Waals surface area contributed by atoms with Gasteiger partial charge < -0.3 is 0 Å². The number of rotatable bonds is 1. The van der Waals surface area contributed by atoms with Crippen LogP contribution in [0.25, 0.3) is 5.57 Å². The smallest absolute Gasteiger partial charge is 0.0562 e. The Bertz CT molecular complexity index is 318. The highest BCUT2D eigenvalue weighted by Gasteiger charge is 2.05. The maximum atomic E-state index is 3.94. The van der Waals surface area contributed by atoms with Gasteiger partial charge in [-0.25, -0.2) is 0 Å². The Balaban J connectivity index is 0.000000461. The molecule has 1 aliphatic carbocycles. The molecule has 1 aromatic heterocycles. The van der Waals surface area contributed by atoms with Gasteiger partial charge in [0.05, 0.1) is 6.20 Å². The summed E-state index contributed by atoms with van der Waals surface area (Å²) < 4.78 is 0. The van der Waals surface area contributed by atoms with Gasteiger partial charge in [0.15, 0.2) is 0 Å². The largest absolute Gasteiger partial charge is 0.285 e. The summed E-state index contributed by atoms with van der Waals surface area (Å²) in [5, 5.41) is 6.77. The van der Waals surface area contributed by atoms with E-state index in [0.29, 0.717) is 0 Å². The molecule has 0 atom stereocenters. The SMILES string of the molecule is CC.CC1=CCCC(c2cn[nH]c2)=C1. The molecule has 2 heteroatoms. The van der Waals surface area contributed by atoms with Crippen molar-refractivity contribution in [2.75, 3.05) is 0 Å². The van der Waals surface area contributed by atoms with Gasteiger partial charge >= 0.3 is 0 Å². The average molecular weight is 190 g/mol. The van der Waals surface area contributed by atoms with Crippen molar-refractivity contribution < 1.29 is 0 Å².